The number of hydrogen-bond donors (Lipinski definition) is 0. The van der Waals surface area contributed by atoms with Crippen molar-refractivity contribution >= 4 is 7.26 Å². The van der Waals surface area contributed by atoms with Gasteiger partial charge in [-0.15, -0.1) is 0 Å². The Balaban J connectivity index is 4.66. The SMILES string of the molecule is CCCCCCCCCCCC[P+](CCCCCC)(CCCCCCCCCCCC)CCCCCCCCCCCC. The Hall–Kier alpha value is 0.430. The Morgan fingerprint density at radius 1 is 0.186 bits per heavy atom. The molecule has 0 N–H and O–H groups in total. The lowest BCUT2D eigenvalue weighted by Crippen LogP contribution is -2.13. The molecule has 0 heterocycles. The average molecular weight is 624 g/mol. The minimum absolute atomic E-state index is 0.758. The lowest BCUT2D eigenvalue weighted by molar-refractivity contribution is 0.559. The van der Waals surface area contributed by atoms with Crippen molar-refractivity contribution in [3.63, 3.8) is 0 Å². The molecule has 0 aliphatic rings. The van der Waals surface area contributed by atoms with Crippen LogP contribution in [0.4, 0.5) is 0 Å². The van der Waals surface area contributed by atoms with Crippen LogP contribution in [-0.4, -0.2) is 24.6 Å². The van der Waals surface area contributed by atoms with Crippen LogP contribution in [0.2, 0.25) is 0 Å². The summed E-state index contributed by atoms with van der Waals surface area (Å²) < 4.78 is 0. The second kappa shape index (κ2) is 36.9. The van der Waals surface area contributed by atoms with Gasteiger partial charge in [0.2, 0.25) is 0 Å². The van der Waals surface area contributed by atoms with Gasteiger partial charge < -0.3 is 0 Å². The molecular formula is C42H88P+. The Labute approximate surface area is 277 Å². The van der Waals surface area contributed by atoms with Gasteiger partial charge in [0, 0.05) is 7.26 Å². The maximum Gasteiger partial charge on any atom is 0.0594 e. The van der Waals surface area contributed by atoms with Gasteiger partial charge in [0.05, 0.1) is 24.6 Å². The van der Waals surface area contributed by atoms with Crippen LogP contribution in [-0.2, 0) is 0 Å². The monoisotopic (exact) mass is 624 g/mol. The number of unbranched alkanes of at least 4 members (excludes halogenated alkanes) is 30. The molecule has 43 heavy (non-hydrogen) atoms. The molecule has 0 aromatic rings. The second-order valence-corrected chi connectivity index (χ2v) is 19.3. The summed E-state index contributed by atoms with van der Waals surface area (Å²) in [5.74, 6) is 0. The molecule has 0 unspecified atom stereocenters. The fraction of sp³-hybridized carbons (Fsp3) is 1.00. The van der Waals surface area contributed by atoms with E-state index >= 15 is 0 Å². The van der Waals surface area contributed by atoms with Gasteiger partial charge in [-0.05, 0) is 51.4 Å². The molecule has 1 heteroatoms. The maximum absolute atomic E-state index is 2.39. The zero-order valence-electron chi connectivity index (χ0n) is 31.3. The molecule has 0 aromatic heterocycles. The van der Waals surface area contributed by atoms with E-state index in [1.165, 1.54) is 193 Å². The van der Waals surface area contributed by atoms with Crippen LogP contribution < -0.4 is 0 Å². The molecule has 0 aliphatic carbocycles. The molecule has 260 valence electrons. The third-order valence-electron chi connectivity index (χ3n) is 10.4. The second-order valence-electron chi connectivity index (χ2n) is 14.8. The molecule has 0 aliphatic heterocycles. The van der Waals surface area contributed by atoms with Gasteiger partial charge in [0.15, 0.2) is 0 Å². The summed E-state index contributed by atoms with van der Waals surface area (Å²) >= 11 is 0. The summed E-state index contributed by atoms with van der Waals surface area (Å²) in [6, 6.07) is 0. The average Bonchev–Trinajstić information content (AvgIpc) is 3.02. The van der Waals surface area contributed by atoms with Crippen molar-refractivity contribution in [3.8, 4) is 0 Å². The Bertz CT molecular complexity index is 425. The molecule has 0 aromatic carbocycles. The Kier molecular flexibility index (Phi) is 37.3. The van der Waals surface area contributed by atoms with Gasteiger partial charge in [0.1, 0.15) is 0 Å². The van der Waals surface area contributed by atoms with E-state index < -0.39 is 7.26 Å². The van der Waals surface area contributed by atoms with E-state index in [9.17, 15) is 0 Å². The summed E-state index contributed by atoms with van der Waals surface area (Å²) in [5.41, 5.74) is 0. The molecule has 0 amide bonds. The summed E-state index contributed by atoms with van der Waals surface area (Å²) in [4.78, 5) is 0. The topological polar surface area (TPSA) is 0 Å². The lowest BCUT2D eigenvalue weighted by Gasteiger charge is -2.28. The van der Waals surface area contributed by atoms with Crippen molar-refractivity contribution < 1.29 is 0 Å². The molecule has 0 atom stereocenters. The van der Waals surface area contributed by atoms with E-state index in [0.717, 1.165) is 0 Å². The summed E-state index contributed by atoms with van der Waals surface area (Å²) in [6.07, 6.45) is 57.2. The van der Waals surface area contributed by atoms with Crippen LogP contribution >= 0.6 is 7.26 Å². The van der Waals surface area contributed by atoms with Gasteiger partial charge in [-0.2, -0.15) is 0 Å². The standard InChI is InChI=1S/C42H88P/c1-5-9-13-17-20-23-26-29-32-36-40-43(39-35-16-12-8-4,41-37-33-30-27-24-21-18-14-10-6-2)42-38-34-31-28-25-22-19-15-11-7-3/h5-42H2,1-4H3/q+1. The fourth-order valence-electron chi connectivity index (χ4n) is 7.35. The summed E-state index contributed by atoms with van der Waals surface area (Å²) in [7, 11) is -0.758. The van der Waals surface area contributed by atoms with Gasteiger partial charge >= 0.3 is 0 Å². The Morgan fingerprint density at radius 2 is 0.326 bits per heavy atom. The molecule has 0 saturated carbocycles. The van der Waals surface area contributed by atoms with Crippen LogP contribution in [0, 0.1) is 0 Å². The highest BCUT2D eigenvalue weighted by atomic mass is 31.2. The van der Waals surface area contributed by atoms with Gasteiger partial charge in [-0.1, -0.05) is 195 Å². The van der Waals surface area contributed by atoms with Crippen molar-refractivity contribution in [2.45, 2.75) is 246 Å². The van der Waals surface area contributed by atoms with E-state index in [4.69, 9.17) is 0 Å². The first kappa shape index (κ1) is 43.4. The van der Waals surface area contributed by atoms with E-state index in [-0.39, 0.29) is 0 Å². The smallest absolute Gasteiger partial charge is 0.0594 e. The summed E-state index contributed by atoms with van der Waals surface area (Å²) in [5, 5.41) is 0. The van der Waals surface area contributed by atoms with Crippen molar-refractivity contribution in [3.05, 3.63) is 0 Å². The molecular weight excluding hydrogens is 535 g/mol. The highest BCUT2D eigenvalue weighted by molar-refractivity contribution is 7.75. The van der Waals surface area contributed by atoms with Crippen LogP contribution in [0.15, 0.2) is 0 Å². The van der Waals surface area contributed by atoms with Gasteiger partial charge in [0.25, 0.3) is 0 Å². The molecule has 0 fully saturated rings. The maximum atomic E-state index is 2.39. The molecule has 0 spiro atoms. The molecule has 0 saturated heterocycles. The van der Waals surface area contributed by atoms with Gasteiger partial charge in [-0.25, -0.2) is 0 Å². The highest BCUT2D eigenvalue weighted by Gasteiger charge is 2.34. The first-order valence-electron chi connectivity index (χ1n) is 21.1. The van der Waals surface area contributed by atoms with Crippen LogP contribution in [0.1, 0.15) is 246 Å². The highest BCUT2D eigenvalue weighted by Crippen LogP contribution is 2.61. The normalized spacial score (nSPS) is 12.0. The third kappa shape index (κ3) is 32.2. The summed E-state index contributed by atoms with van der Waals surface area (Å²) in [6.45, 7) is 9.39. The van der Waals surface area contributed by atoms with Crippen LogP contribution in [0.25, 0.3) is 0 Å². The number of hydrogen-bond acceptors (Lipinski definition) is 0. The molecule has 0 bridgehead atoms. The molecule has 0 rings (SSSR count). The zero-order valence-corrected chi connectivity index (χ0v) is 32.2. The first-order chi connectivity index (χ1) is 21.2. The minimum Gasteiger partial charge on any atom is -0.0654 e. The predicted molar refractivity (Wildman–Crippen MR) is 206 cm³/mol. The lowest BCUT2D eigenvalue weighted by atomic mass is 10.1. The van der Waals surface area contributed by atoms with E-state index in [2.05, 4.69) is 27.7 Å². The van der Waals surface area contributed by atoms with Crippen LogP contribution in [0.5, 0.6) is 0 Å². The largest absolute Gasteiger partial charge is 0.0654 e. The predicted octanol–water partition coefficient (Wildman–Crippen LogP) is 16.3. The van der Waals surface area contributed by atoms with Crippen molar-refractivity contribution in [2.24, 2.45) is 0 Å². The quantitative estimate of drug-likeness (QED) is 0.0474. The molecule has 0 radical (unpaired) electrons. The zero-order chi connectivity index (χ0) is 31.4. The Morgan fingerprint density at radius 3 is 0.512 bits per heavy atom. The van der Waals surface area contributed by atoms with Crippen molar-refractivity contribution in [2.75, 3.05) is 24.6 Å². The van der Waals surface area contributed by atoms with Crippen molar-refractivity contribution in [1.82, 2.24) is 0 Å². The van der Waals surface area contributed by atoms with E-state index in [0.29, 0.717) is 0 Å². The fourth-order valence-corrected chi connectivity index (χ4v) is 12.3. The number of rotatable bonds is 38. The van der Waals surface area contributed by atoms with Crippen molar-refractivity contribution in [1.29, 1.82) is 0 Å². The molecule has 0 nitrogen and oxygen atoms in total. The third-order valence-corrected chi connectivity index (χ3v) is 15.5. The van der Waals surface area contributed by atoms with Gasteiger partial charge in [-0.3, -0.25) is 0 Å². The van der Waals surface area contributed by atoms with Crippen LogP contribution in [0.3, 0.4) is 0 Å². The van der Waals surface area contributed by atoms with E-state index in [1.54, 1.807) is 50.3 Å². The minimum atomic E-state index is -0.758. The first-order valence-corrected chi connectivity index (χ1v) is 23.6. The van der Waals surface area contributed by atoms with E-state index in [1.807, 2.05) is 0 Å².